The summed E-state index contributed by atoms with van der Waals surface area (Å²) in [5.41, 5.74) is -1.09. The molecule has 0 N–H and O–H groups in total. The van der Waals surface area contributed by atoms with Crippen molar-refractivity contribution in [2.24, 2.45) is 0 Å². The van der Waals surface area contributed by atoms with Crippen LogP contribution in [0.1, 0.15) is 0 Å². The van der Waals surface area contributed by atoms with Crippen LogP contribution < -0.4 is 0 Å². The fourth-order valence-corrected chi connectivity index (χ4v) is 3.26. The number of rotatable bonds is 5. The Labute approximate surface area is 116 Å². The Hall–Kier alpha value is -1.13. The third-order valence-corrected chi connectivity index (χ3v) is 4.51. The van der Waals surface area contributed by atoms with E-state index in [1.54, 1.807) is 0 Å². The molecule has 0 radical (unpaired) electrons. The molecule has 0 saturated carbocycles. The van der Waals surface area contributed by atoms with Crippen LogP contribution in [0.3, 0.4) is 0 Å². The van der Waals surface area contributed by atoms with Gasteiger partial charge in [-0.25, -0.2) is 12.8 Å². The van der Waals surface area contributed by atoms with E-state index in [1.165, 1.54) is 7.05 Å². The minimum Gasteiger partial charge on any atom is -0.258 e. The van der Waals surface area contributed by atoms with E-state index in [0.717, 1.165) is 4.31 Å². The number of sulfonamides is 1. The molecule has 0 aromatic heterocycles. The zero-order valence-corrected chi connectivity index (χ0v) is 12.0. The van der Waals surface area contributed by atoms with Crippen LogP contribution in [0.4, 0.5) is 14.5 Å². The van der Waals surface area contributed by atoms with Gasteiger partial charge in [-0.2, -0.15) is 8.70 Å². The molecule has 0 heterocycles. The second-order valence-corrected chi connectivity index (χ2v) is 6.31. The number of hydrogen-bond donors (Lipinski definition) is 0. The van der Waals surface area contributed by atoms with Crippen molar-refractivity contribution in [2.75, 3.05) is 18.9 Å². The third kappa shape index (κ3) is 3.25. The van der Waals surface area contributed by atoms with Gasteiger partial charge >= 0.3 is 5.69 Å². The van der Waals surface area contributed by atoms with Crippen molar-refractivity contribution in [3.05, 3.63) is 33.9 Å². The maximum absolute atomic E-state index is 13.5. The Morgan fingerprint density at radius 2 is 1.95 bits per heavy atom. The molecule has 0 atom stereocenters. The van der Waals surface area contributed by atoms with E-state index in [0.29, 0.717) is 11.4 Å². The first-order valence-corrected chi connectivity index (χ1v) is 7.43. The summed E-state index contributed by atoms with van der Waals surface area (Å²) in [6.45, 7) is 0.0347. The second kappa shape index (κ2) is 5.88. The van der Waals surface area contributed by atoms with Gasteiger partial charge in [0.1, 0.15) is 10.7 Å². The van der Waals surface area contributed by atoms with Crippen LogP contribution in [0, 0.1) is 21.7 Å². The first kappa shape index (κ1) is 15.9. The van der Waals surface area contributed by atoms with Gasteiger partial charge in [0.25, 0.3) is 0 Å². The lowest BCUT2D eigenvalue weighted by Gasteiger charge is -2.16. The monoisotopic (exact) mass is 358 g/mol. The summed E-state index contributed by atoms with van der Waals surface area (Å²) in [5.74, 6) is -2.80. The number of benzene rings is 1. The van der Waals surface area contributed by atoms with Crippen LogP contribution in [0.15, 0.2) is 17.0 Å². The van der Waals surface area contributed by atoms with Crippen molar-refractivity contribution >= 4 is 31.6 Å². The summed E-state index contributed by atoms with van der Waals surface area (Å²) in [5, 5.41) is 10.8. The van der Waals surface area contributed by atoms with Gasteiger partial charge < -0.3 is 0 Å². The molecule has 0 fully saturated rings. The topological polar surface area (TPSA) is 80.5 Å². The van der Waals surface area contributed by atoms with E-state index in [2.05, 4.69) is 15.9 Å². The molecule has 1 aromatic rings. The number of hydrogen-bond acceptors (Lipinski definition) is 4. The predicted molar refractivity (Wildman–Crippen MR) is 66.6 cm³/mol. The van der Waals surface area contributed by atoms with Crippen LogP contribution in [-0.4, -0.2) is 36.6 Å². The Balaban J connectivity index is 3.43. The molecule has 0 aliphatic rings. The Morgan fingerprint density at radius 3 is 2.42 bits per heavy atom. The summed E-state index contributed by atoms with van der Waals surface area (Å²) in [6.07, 6.45) is 0. The van der Waals surface area contributed by atoms with Gasteiger partial charge in [0.05, 0.1) is 4.92 Å². The lowest BCUT2D eigenvalue weighted by molar-refractivity contribution is -0.387. The highest BCUT2D eigenvalue weighted by Gasteiger charge is 2.29. The van der Waals surface area contributed by atoms with Crippen molar-refractivity contribution < 1.29 is 22.1 Å². The van der Waals surface area contributed by atoms with Crippen molar-refractivity contribution in [3.63, 3.8) is 0 Å². The maximum Gasteiger partial charge on any atom is 0.306 e. The fourth-order valence-electron chi connectivity index (χ4n) is 1.26. The van der Waals surface area contributed by atoms with Crippen LogP contribution in [-0.2, 0) is 10.0 Å². The molecule has 0 spiro atoms. The molecule has 6 nitrogen and oxygen atoms in total. The molecule has 0 aliphatic heterocycles. The molecule has 0 bridgehead atoms. The summed E-state index contributed by atoms with van der Waals surface area (Å²) in [7, 11) is -3.06. The Morgan fingerprint density at radius 1 is 1.37 bits per heavy atom. The van der Waals surface area contributed by atoms with E-state index in [-0.39, 0.29) is 12.6 Å². The molecule has 19 heavy (non-hydrogen) atoms. The van der Waals surface area contributed by atoms with Crippen molar-refractivity contribution in [1.82, 2.24) is 4.31 Å². The van der Waals surface area contributed by atoms with Crippen LogP contribution >= 0.6 is 15.9 Å². The molecule has 0 aliphatic carbocycles. The molecule has 106 valence electrons. The van der Waals surface area contributed by atoms with Gasteiger partial charge in [-0.15, -0.1) is 0 Å². The highest BCUT2D eigenvalue weighted by atomic mass is 79.9. The lowest BCUT2D eigenvalue weighted by atomic mass is 10.3. The fraction of sp³-hybridized carbons (Fsp3) is 0.333. The van der Waals surface area contributed by atoms with Crippen molar-refractivity contribution in [2.45, 2.75) is 4.90 Å². The molecule has 0 saturated heterocycles. The zero-order chi connectivity index (χ0) is 14.8. The quantitative estimate of drug-likeness (QED) is 0.457. The highest BCUT2D eigenvalue weighted by molar-refractivity contribution is 9.09. The predicted octanol–water partition coefficient (Wildman–Crippen LogP) is 1.89. The molecule has 0 amide bonds. The van der Waals surface area contributed by atoms with Crippen LogP contribution in [0.25, 0.3) is 0 Å². The Kier molecular flexibility index (Phi) is 4.93. The molecule has 10 heteroatoms. The molecule has 1 rings (SSSR count). The number of alkyl halides is 1. The molecule has 0 unspecified atom stereocenters. The van der Waals surface area contributed by atoms with Gasteiger partial charge in [-0.1, -0.05) is 15.9 Å². The van der Waals surface area contributed by atoms with Gasteiger partial charge in [0.2, 0.25) is 15.8 Å². The maximum atomic E-state index is 13.5. The average molecular weight is 359 g/mol. The number of nitro groups is 1. The van der Waals surface area contributed by atoms with Crippen LogP contribution in [0.5, 0.6) is 0 Å². The number of nitrogens with zero attached hydrogens (tertiary/aromatic N) is 2. The zero-order valence-electron chi connectivity index (χ0n) is 9.64. The van der Waals surface area contributed by atoms with E-state index in [9.17, 15) is 27.3 Å². The highest BCUT2D eigenvalue weighted by Crippen LogP contribution is 2.26. The number of halogens is 3. The molecular weight excluding hydrogens is 350 g/mol. The molecular formula is C9H9BrF2N2O4S. The smallest absolute Gasteiger partial charge is 0.258 e. The van der Waals surface area contributed by atoms with Crippen molar-refractivity contribution in [1.29, 1.82) is 0 Å². The van der Waals surface area contributed by atoms with Gasteiger partial charge in [0.15, 0.2) is 0 Å². The normalized spacial score (nSPS) is 11.8. The van der Waals surface area contributed by atoms with Gasteiger partial charge in [-0.05, 0) is 0 Å². The third-order valence-electron chi connectivity index (χ3n) is 2.29. The standard InChI is InChI=1S/C9H9BrF2N2O4S/c1-13(3-2-10)19(17,18)9-5-8(14(15)16)6(11)4-7(9)12/h4-5H,2-3H2,1H3. The number of nitro benzene ring substituents is 1. The summed E-state index contributed by atoms with van der Waals surface area (Å²) >= 11 is 3.01. The SMILES string of the molecule is CN(CCBr)S(=O)(=O)c1cc([N+](=O)[O-])c(F)cc1F. The minimum absolute atomic E-state index is 0.0347. The van der Waals surface area contributed by atoms with E-state index in [4.69, 9.17) is 0 Å². The van der Waals surface area contributed by atoms with Crippen molar-refractivity contribution in [3.8, 4) is 0 Å². The Bertz CT molecular complexity index is 608. The van der Waals surface area contributed by atoms with E-state index >= 15 is 0 Å². The summed E-state index contributed by atoms with van der Waals surface area (Å²) < 4.78 is 51.3. The summed E-state index contributed by atoms with van der Waals surface area (Å²) in [6, 6.07) is 0.567. The van der Waals surface area contributed by atoms with Crippen LogP contribution in [0.2, 0.25) is 0 Å². The van der Waals surface area contributed by atoms with Gasteiger partial charge in [0, 0.05) is 31.1 Å². The molecule has 1 aromatic carbocycles. The average Bonchev–Trinajstić information content (AvgIpc) is 2.28. The largest absolute Gasteiger partial charge is 0.306 e. The summed E-state index contributed by atoms with van der Waals surface area (Å²) in [4.78, 5) is 8.50. The van der Waals surface area contributed by atoms with Gasteiger partial charge in [-0.3, -0.25) is 10.1 Å². The first-order valence-electron chi connectivity index (χ1n) is 4.87. The van der Waals surface area contributed by atoms with E-state index in [1.807, 2.05) is 0 Å². The minimum atomic E-state index is -4.25. The first-order chi connectivity index (χ1) is 8.71. The second-order valence-electron chi connectivity index (χ2n) is 3.51. The lowest BCUT2D eigenvalue weighted by Crippen LogP contribution is -2.29. The van der Waals surface area contributed by atoms with E-state index < -0.39 is 37.2 Å².